The molecule has 0 bridgehead atoms. The molecule has 24 heavy (non-hydrogen) atoms. The predicted octanol–water partition coefficient (Wildman–Crippen LogP) is 3.20. The third-order valence-electron chi connectivity index (χ3n) is 3.71. The minimum Gasteiger partial charge on any atom is -0.299 e. The average molecular weight is 336 g/mol. The molecule has 1 aliphatic rings. The molecule has 0 aliphatic carbocycles. The van der Waals surface area contributed by atoms with Gasteiger partial charge in [0.2, 0.25) is 0 Å². The van der Waals surface area contributed by atoms with Crippen molar-refractivity contribution in [3.8, 4) is 0 Å². The number of hydrogen-bond acceptors (Lipinski definition) is 5. The number of carbonyl (C=O) groups is 3. The Balaban J connectivity index is 2.65. The van der Waals surface area contributed by atoms with E-state index in [0.717, 1.165) is 38.2 Å². The normalized spacial score (nSPS) is 17.7. The van der Waals surface area contributed by atoms with Crippen molar-refractivity contribution >= 4 is 18.1 Å². The van der Waals surface area contributed by atoms with Gasteiger partial charge in [0.05, 0.1) is 12.6 Å². The highest BCUT2D eigenvalue weighted by atomic mass is 17.2. The summed E-state index contributed by atoms with van der Waals surface area (Å²) in [6.07, 6.45) is 6.84. The summed E-state index contributed by atoms with van der Waals surface area (Å²) in [7, 11) is 0. The summed E-state index contributed by atoms with van der Waals surface area (Å²) >= 11 is 0. The largest absolute Gasteiger partial charge is 0.460 e. The van der Waals surface area contributed by atoms with Crippen molar-refractivity contribution in [2.75, 3.05) is 13.1 Å². The minimum absolute atomic E-state index is 0.0831. The summed E-state index contributed by atoms with van der Waals surface area (Å²) in [5.41, 5.74) is 0. The fourth-order valence-electron chi connectivity index (χ4n) is 2.44. The first-order chi connectivity index (χ1) is 11.5. The number of imide groups is 1. The maximum atomic E-state index is 12.2. The first-order valence-corrected chi connectivity index (χ1v) is 7.91. The molecule has 7 nitrogen and oxygen atoms in total. The Bertz CT molecular complexity index is 503. The van der Waals surface area contributed by atoms with E-state index in [1.54, 1.807) is 6.08 Å². The molecule has 1 saturated heterocycles. The average Bonchev–Trinajstić information content (AvgIpc) is 2.56. The van der Waals surface area contributed by atoms with E-state index in [2.05, 4.69) is 29.5 Å². The Kier molecular flexibility index (Phi) is 8.32. The van der Waals surface area contributed by atoms with Crippen molar-refractivity contribution in [1.29, 1.82) is 0 Å². The minimum atomic E-state index is -1.10. The number of rotatable bonds is 4. The first kappa shape index (κ1) is 19.5. The molecule has 0 spiro atoms. The molecule has 0 aromatic rings. The molecule has 1 atom stereocenters. The summed E-state index contributed by atoms with van der Waals surface area (Å²) < 4.78 is 0. The smallest absolute Gasteiger partial charge is 0.299 e. The molecule has 3 amide bonds. The summed E-state index contributed by atoms with van der Waals surface area (Å²) in [6, 6.07) is -0.171. The van der Waals surface area contributed by atoms with Gasteiger partial charge < -0.3 is 0 Å². The van der Waals surface area contributed by atoms with Gasteiger partial charge in [-0.3, -0.25) is 9.69 Å². The van der Waals surface area contributed by atoms with Gasteiger partial charge in [-0.2, -0.15) is 0 Å². The highest BCUT2D eigenvalue weighted by molar-refractivity contribution is 5.98. The zero-order chi connectivity index (χ0) is 17.9. The van der Waals surface area contributed by atoms with Crippen LogP contribution in [0.1, 0.15) is 32.1 Å². The Morgan fingerprint density at radius 3 is 2.42 bits per heavy atom. The molecule has 0 radical (unpaired) electrons. The summed E-state index contributed by atoms with van der Waals surface area (Å²) in [4.78, 5) is 46.9. The van der Waals surface area contributed by atoms with E-state index in [9.17, 15) is 14.4 Å². The SMILES string of the molecule is C=CCN(C(=O)C=C)C(=O)OOC(=O)N1CCCCCCC1C=C. The molecule has 0 N–H and O–H groups in total. The zero-order valence-corrected chi connectivity index (χ0v) is 13.8. The number of nitrogens with zero attached hydrogens (tertiary/aromatic N) is 2. The molecule has 1 rings (SSSR count). The topological polar surface area (TPSA) is 76.1 Å². The summed E-state index contributed by atoms with van der Waals surface area (Å²) in [6.45, 7) is 10.9. The summed E-state index contributed by atoms with van der Waals surface area (Å²) in [5, 5.41) is 0. The van der Waals surface area contributed by atoms with Crippen LogP contribution in [0.4, 0.5) is 9.59 Å². The van der Waals surface area contributed by atoms with E-state index in [4.69, 9.17) is 0 Å². The molecular formula is C17H24N2O5. The number of amides is 3. The molecule has 1 aliphatic heterocycles. The third-order valence-corrected chi connectivity index (χ3v) is 3.71. The van der Waals surface area contributed by atoms with Gasteiger partial charge in [-0.1, -0.05) is 38.0 Å². The molecule has 7 heteroatoms. The lowest BCUT2D eigenvalue weighted by Gasteiger charge is -2.30. The van der Waals surface area contributed by atoms with Gasteiger partial charge in [0.15, 0.2) is 0 Å². The van der Waals surface area contributed by atoms with Crippen molar-refractivity contribution in [3.05, 3.63) is 38.0 Å². The molecule has 1 fully saturated rings. The van der Waals surface area contributed by atoms with Crippen molar-refractivity contribution < 1.29 is 24.2 Å². The van der Waals surface area contributed by atoms with Crippen LogP contribution >= 0.6 is 0 Å². The standard InChI is InChI=1S/C17H24N2O5/c1-4-12-19(15(20)6-3)17(22)24-23-16(21)18-13-10-8-7-9-11-14(18)5-2/h4-6,14H,1-3,7-13H2. The molecule has 0 aromatic carbocycles. The maximum absolute atomic E-state index is 12.2. The van der Waals surface area contributed by atoms with E-state index < -0.39 is 18.1 Å². The van der Waals surface area contributed by atoms with E-state index in [1.165, 1.54) is 11.0 Å². The number of likely N-dealkylation sites (tertiary alicyclic amines) is 1. The van der Waals surface area contributed by atoms with Gasteiger partial charge in [-0.25, -0.2) is 24.3 Å². The van der Waals surface area contributed by atoms with Gasteiger partial charge in [0.25, 0.3) is 5.91 Å². The quantitative estimate of drug-likeness (QED) is 0.341. The molecule has 132 valence electrons. The van der Waals surface area contributed by atoms with Crippen molar-refractivity contribution in [3.63, 3.8) is 0 Å². The van der Waals surface area contributed by atoms with Gasteiger partial charge in [0, 0.05) is 6.54 Å². The highest BCUT2D eigenvalue weighted by Gasteiger charge is 2.27. The maximum Gasteiger partial charge on any atom is 0.460 e. The van der Waals surface area contributed by atoms with Gasteiger partial charge in [-0.05, 0) is 18.9 Å². The van der Waals surface area contributed by atoms with E-state index in [-0.39, 0.29) is 12.6 Å². The molecule has 0 aromatic heterocycles. The van der Waals surface area contributed by atoms with Crippen LogP contribution in [0.15, 0.2) is 38.0 Å². The first-order valence-electron chi connectivity index (χ1n) is 7.91. The molecular weight excluding hydrogens is 312 g/mol. The fraction of sp³-hybridized carbons (Fsp3) is 0.471. The zero-order valence-electron chi connectivity index (χ0n) is 13.8. The van der Waals surface area contributed by atoms with Crippen LogP contribution in [-0.4, -0.2) is 47.0 Å². The van der Waals surface area contributed by atoms with Gasteiger partial charge >= 0.3 is 12.2 Å². The van der Waals surface area contributed by atoms with Crippen LogP contribution < -0.4 is 0 Å². The monoisotopic (exact) mass is 336 g/mol. The van der Waals surface area contributed by atoms with Crippen LogP contribution in [0, 0.1) is 0 Å². The van der Waals surface area contributed by atoms with E-state index in [1.807, 2.05) is 0 Å². The van der Waals surface area contributed by atoms with Crippen molar-refractivity contribution in [1.82, 2.24) is 9.80 Å². The van der Waals surface area contributed by atoms with Crippen molar-refractivity contribution in [2.24, 2.45) is 0 Å². The third kappa shape index (κ3) is 5.57. The molecule has 0 saturated carbocycles. The lowest BCUT2D eigenvalue weighted by molar-refractivity contribution is -0.198. The molecule has 1 unspecified atom stereocenters. The Morgan fingerprint density at radius 1 is 1.08 bits per heavy atom. The van der Waals surface area contributed by atoms with Crippen LogP contribution in [-0.2, 0) is 14.6 Å². The second-order valence-corrected chi connectivity index (χ2v) is 5.34. The second kappa shape index (κ2) is 10.3. The molecule has 1 heterocycles. The Hall–Kier alpha value is -2.57. The van der Waals surface area contributed by atoms with E-state index in [0.29, 0.717) is 11.4 Å². The van der Waals surface area contributed by atoms with Gasteiger partial charge in [0.1, 0.15) is 0 Å². The highest BCUT2D eigenvalue weighted by Crippen LogP contribution is 2.18. The summed E-state index contributed by atoms with van der Waals surface area (Å²) in [5.74, 6) is -0.675. The predicted molar refractivity (Wildman–Crippen MR) is 88.8 cm³/mol. The lowest BCUT2D eigenvalue weighted by atomic mass is 10.0. The second-order valence-electron chi connectivity index (χ2n) is 5.34. The number of hydrogen-bond donors (Lipinski definition) is 0. The fourth-order valence-corrected chi connectivity index (χ4v) is 2.44. The number of carbonyl (C=O) groups excluding carboxylic acids is 3. The van der Waals surface area contributed by atoms with Gasteiger partial charge in [-0.15, -0.1) is 13.2 Å². The lowest BCUT2D eigenvalue weighted by Crippen LogP contribution is -2.42. The Labute approximate surface area is 142 Å². The van der Waals surface area contributed by atoms with Crippen LogP contribution in [0.2, 0.25) is 0 Å². The van der Waals surface area contributed by atoms with E-state index >= 15 is 0 Å². The Morgan fingerprint density at radius 2 is 1.79 bits per heavy atom. The van der Waals surface area contributed by atoms with Crippen molar-refractivity contribution in [2.45, 2.75) is 38.1 Å². The van der Waals surface area contributed by atoms with Crippen LogP contribution in [0.3, 0.4) is 0 Å². The van der Waals surface area contributed by atoms with Crippen LogP contribution in [0.25, 0.3) is 0 Å². The van der Waals surface area contributed by atoms with Crippen LogP contribution in [0.5, 0.6) is 0 Å².